The Labute approximate surface area is 91.2 Å². The first-order valence-electron chi connectivity index (χ1n) is 5.62. The molecule has 0 unspecified atom stereocenters. The van der Waals surface area contributed by atoms with Crippen molar-refractivity contribution < 1.29 is 4.57 Å². The smallest absolute Gasteiger partial charge is 0.230 e. The lowest BCUT2D eigenvalue weighted by molar-refractivity contribution is -0.691. The van der Waals surface area contributed by atoms with Gasteiger partial charge >= 0.3 is 0 Å². The van der Waals surface area contributed by atoms with E-state index < -0.39 is 0 Å². The molecule has 0 bridgehead atoms. The van der Waals surface area contributed by atoms with E-state index in [0.29, 0.717) is 12.1 Å². The molecule has 2 heterocycles. The average molecular weight is 203 g/mol. The highest BCUT2D eigenvalue weighted by Crippen LogP contribution is 2.17. The molecule has 2 aromatic rings. The molecule has 2 nitrogen and oxygen atoms in total. The number of fused-ring (bicyclic) bond motifs is 1. The van der Waals surface area contributed by atoms with Crippen LogP contribution < -0.4 is 4.57 Å². The van der Waals surface area contributed by atoms with E-state index in [1.54, 1.807) is 0 Å². The summed E-state index contributed by atoms with van der Waals surface area (Å²) in [7, 11) is 0. The van der Waals surface area contributed by atoms with Crippen molar-refractivity contribution in [3.63, 3.8) is 0 Å². The Kier molecular flexibility index (Phi) is 2.51. The summed E-state index contributed by atoms with van der Waals surface area (Å²) in [5.41, 5.74) is 2.64. The number of pyridine rings is 1. The molecule has 0 saturated heterocycles. The zero-order chi connectivity index (χ0) is 11.0. The fraction of sp³-hybridized carbons (Fsp3) is 0.462. The Morgan fingerprint density at radius 3 is 2.47 bits per heavy atom. The molecule has 2 rings (SSSR count). The van der Waals surface area contributed by atoms with E-state index in [9.17, 15) is 0 Å². The van der Waals surface area contributed by atoms with Gasteiger partial charge in [0.25, 0.3) is 0 Å². The van der Waals surface area contributed by atoms with E-state index in [-0.39, 0.29) is 0 Å². The molecule has 0 aromatic carbocycles. The van der Waals surface area contributed by atoms with Crippen LogP contribution in [-0.2, 0) is 0 Å². The summed E-state index contributed by atoms with van der Waals surface area (Å²) >= 11 is 0. The van der Waals surface area contributed by atoms with Crippen LogP contribution in [0.3, 0.4) is 0 Å². The van der Waals surface area contributed by atoms with Crippen molar-refractivity contribution in [2.45, 2.75) is 39.8 Å². The Hall–Kier alpha value is -1.31. The topological polar surface area (TPSA) is 8.81 Å². The summed E-state index contributed by atoms with van der Waals surface area (Å²) < 4.78 is 4.63. The lowest BCUT2D eigenvalue weighted by Gasteiger charge is -2.08. The molecule has 0 atom stereocenters. The molecule has 2 aromatic heterocycles. The number of hydrogen-bond acceptors (Lipinski definition) is 0. The first-order chi connectivity index (χ1) is 7.11. The SMILES string of the molecule is CC(C)n1ccc2c1ccc[n+]2C(C)C. The van der Waals surface area contributed by atoms with Gasteiger partial charge in [-0.15, -0.1) is 0 Å². The Bertz CT molecular complexity index is 466. The zero-order valence-corrected chi connectivity index (χ0v) is 9.94. The monoisotopic (exact) mass is 203 g/mol. The third-order valence-electron chi connectivity index (χ3n) is 2.83. The minimum absolute atomic E-state index is 0.511. The van der Waals surface area contributed by atoms with Gasteiger partial charge < -0.3 is 4.57 Å². The molecule has 0 amide bonds. The van der Waals surface area contributed by atoms with Crippen LogP contribution in [0.2, 0.25) is 0 Å². The van der Waals surface area contributed by atoms with Crippen LogP contribution in [-0.4, -0.2) is 4.57 Å². The van der Waals surface area contributed by atoms with Crippen molar-refractivity contribution in [2.24, 2.45) is 0 Å². The molecule has 15 heavy (non-hydrogen) atoms. The summed E-state index contributed by atoms with van der Waals surface area (Å²) in [6.07, 6.45) is 4.33. The number of aromatic nitrogens is 2. The van der Waals surface area contributed by atoms with Gasteiger partial charge in [-0.2, -0.15) is 4.57 Å². The third-order valence-corrected chi connectivity index (χ3v) is 2.83. The van der Waals surface area contributed by atoms with E-state index >= 15 is 0 Å². The van der Waals surface area contributed by atoms with Crippen molar-refractivity contribution in [1.82, 2.24) is 4.57 Å². The van der Waals surface area contributed by atoms with Gasteiger partial charge in [0.15, 0.2) is 12.2 Å². The molecule has 0 N–H and O–H groups in total. The highest BCUT2D eigenvalue weighted by Gasteiger charge is 2.15. The van der Waals surface area contributed by atoms with Gasteiger partial charge in [-0.1, -0.05) is 0 Å². The summed E-state index contributed by atoms with van der Waals surface area (Å²) in [4.78, 5) is 0. The first-order valence-corrected chi connectivity index (χ1v) is 5.62. The molecule has 0 radical (unpaired) electrons. The molecule has 0 saturated carbocycles. The van der Waals surface area contributed by atoms with Gasteiger partial charge in [0.1, 0.15) is 5.52 Å². The summed E-state index contributed by atoms with van der Waals surface area (Å²) in [6.45, 7) is 8.86. The Morgan fingerprint density at radius 1 is 1.13 bits per heavy atom. The second-order valence-corrected chi connectivity index (χ2v) is 4.60. The molecular weight excluding hydrogens is 184 g/mol. The molecule has 0 aliphatic rings. The van der Waals surface area contributed by atoms with Gasteiger partial charge in [0, 0.05) is 24.4 Å². The number of rotatable bonds is 2. The van der Waals surface area contributed by atoms with Gasteiger partial charge in [0.2, 0.25) is 5.52 Å². The third kappa shape index (κ3) is 1.65. The molecule has 0 aliphatic carbocycles. The van der Waals surface area contributed by atoms with E-state index in [1.807, 2.05) is 0 Å². The maximum absolute atomic E-state index is 2.31. The Balaban J connectivity index is 2.69. The standard InChI is InChI=1S/C13H19N2/c1-10(2)14-8-5-6-12-13(14)7-9-15(12)11(3)4/h5-11H,1-4H3/q+1. The quantitative estimate of drug-likeness (QED) is 0.663. The van der Waals surface area contributed by atoms with Crippen LogP contribution in [0, 0.1) is 0 Å². The van der Waals surface area contributed by atoms with Gasteiger partial charge in [0.05, 0.1) is 0 Å². The van der Waals surface area contributed by atoms with Crippen molar-refractivity contribution in [3.8, 4) is 0 Å². The van der Waals surface area contributed by atoms with Crippen molar-refractivity contribution >= 4 is 11.0 Å². The predicted molar refractivity (Wildman–Crippen MR) is 62.9 cm³/mol. The normalized spacial score (nSPS) is 11.9. The largest absolute Gasteiger partial charge is 0.340 e. The van der Waals surface area contributed by atoms with Gasteiger partial charge in [-0.3, -0.25) is 0 Å². The maximum atomic E-state index is 2.31. The fourth-order valence-electron chi connectivity index (χ4n) is 2.05. The highest BCUT2D eigenvalue weighted by atomic mass is 15.0. The van der Waals surface area contributed by atoms with Crippen LogP contribution in [0.1, 0.15) is 39.8 Å². The molecule has 2 heteroatoms. The molecular formula is C13H19N2+. The molecule has 0 fully saturated rings. The van der Waals surface area contributed by atoms with Crippen LogP contribution >= 0.6 is 0 Å². The maximum Gasteiger partial charge on any atom is 0.230 e. The van der Waals surface area contributed by atoms with Crippen molar-refractivity contribution in [2.75, 3.05) is 0 Å². The first kappa shape index (κ1) is 10.2. The minimum Gasteiger partial charge on any atom is -0.340 e. The van der Waals surface area contributed by atoms with Gasteiger partial charge in [-0.25, -0.2) is 0 Å². The molecule has 80 valence electrons. The zero-order valence-electron chi connectivity index (χ0n) is 9.94. The second kappa shape index (κ2) is 3.69. The predicted octanol–water partition coefficient (Wildman–Crippen LogP) is 3.09. The van der Waals surface area contributed by atoms with Crippen LogP contribution in [0.25, 0.3) is 11.0 Å². The van der Waals surface area contributed by atoms with Crippen molar-refractivity contribution in [1.29, 1.82) is 0 Å². The molecule has 0 spiro atoms. The van der Waals surface area contributed by atoms with Crippen LogP contribution in [0.15, 0.2) is 30.6 Å². The number of hydrogen-bond donors (Lipinski definition) is 0. The van der Waals surface area contributed by atoms with E-state index in [0.717, 1.165) is 0 Å². The lowest BCUT2D eigenvalue weighted by Crippen LogP contribution is -2.36. The van der Waals surface area contributed by atoms with E-state index in [1.165, 1.54) is 11.0 Å². The van der Waals surface area contributed by atoms with Gasteiger partial charge in [-0.05, 0) is 33.8 Å². The molecule has 0 aliphatic heterocycles. The summed E-state index contributed by atoms with van der Waals surface area (Å²) in [5, 5.41) is 0. The lowest BCUT2D eigenvalue weighted by atomic mass is 10.3. The Morgan fingerprint density at radius 2 is 1.87 bits per heavy atom. The minimum atomic E-state index is 0.511. The average Bonchev–Trinajstić information content (AvgIpc) is 2.59. The summed E-state index contributed by atoms with van der Waals surface area (Å²) in [6, 6.07) is 7.55. The highest BCUT2D eigenvalue weighted by molar-refractivity contribution is 5.72. The number of nitrogens with zero attached hydrogens (tertiary/aromatic N) is 2. The van der Waals surface area contributed by atoms with Crippen molar-refractivity contribution in [3.05, 3.63) is 30.6 Å². The van der Waals surface area contributed by atoms with E-state index in [2.05, 4.69) is 67.4 Å². The second-order valence-electron chi connectivity index (χ2n) is 4.60. The van der Waals surface area contributed by atoms with Crippen LogP contribution in [0.5, 0.6) is 0 Å². The summed E-state index contributed by atoms with van der Waals surface area (Å²) in [5.74, 6) is 0. The van der Waals surface area contributed by atoms with Crippen LogP contribution in [0.4, 0.5) is 0 Å². The van der Waals surface area contributed by atoms with E-state index in [4.69, 9.17) is 0 Å². The fourth-order valence-corrected chi connectivity index (χ4v) is 2.05.